The lowest BCUT2D eigenvalue weighted by molar-refractivity contribution is 0.790. The highest BCUT2D eigenvalue weighted by Crippen LogP contribution is 2.39. The normalized spacial score (nSPS) is 18.4. The van der Waals surface area contributed by atoms with Crippen molar-refractivity contribution in [1.82, 2.24) is 0 Å². The van der Waals surface area contributed by atoms with E-state index in [9.17, 15) is 0 Å². The zero-order valence-electron chi connectivity index (χ0n) is 9.19. The molecule has 0 spiro atoms. The second kappa shape index (κ2) is 3.67. The summed E-state index contributed by atoms with van der Waals surface area (Å²) in [6, 6.07) is 16.9. The van der Waals surface area contributed by atoms with Crippen LogP contribution in [0, 0.1) is 0 Å². The maximum Gasteiger partial charge on any atom is 0.0352 e. The first-order chi connectivity index (χ1) is 7.86. The van der Waals surface area contributed by atoms with Crippen molar-refractivity contribution in [3.63, 3.8) is 0 Å². The summed E-state index contributed by atoms with van der Waals surface area (Å²) in [5.41, 5.74) is 11.2. The molecule has 1 heteroatoms. The molecule has 1 unspecified atom stereocenters. The lowest BCUT2D eigenvalue weighted by atomic mass is 9.92. The van der Waals surface area contributed by atoms with Crippen LogP contribution in [0.4, 0.5) is 5.69 Å². The summed E-state index contributed by atoms with van der Waals surface area (Å²) in [5, 5.41) is 0. The molecule has 2 N–H and O–H groups in total. The Bertz CT molecular complexity index is 516. The van der Waals surface area contributed by atoms with Gasteiger partial charge < -0.3 is 5.73 Å². The molecule has 2 aromatic rings. The van der Waals surface area contributed by atoms with Crippen LogP contribution in [0.15, 0.2) is 48.5 Å². The average Bonchev–Trinajstić information content (AvgIpc) is 2.74. The molecule has 80 valence electrons. The Kier molecular flexibility index (Phi) is 2.17. The summed E-state index contributed by atoms with van der Waals surface area (Å²) in [7, 11) is 0. The molecule has 16 heavy (non-hydrogen) atoms. The minimum absolute atomic E-state index is 0.498. The van der Waals surface area contributed by atoms with E-state index in [0.29, 0.717) is 5.92 Å². The summed E-state index contributed by atoms with van der Waals surface area (Å²) in [5.74, 6) is 0.498. The number of hydrogen-bond donors (Lipinski definition) is 1. The van der Waals surface area contributed by atoms with E-state index in [-0.39, 0.29) is 0 Å². The minimum Gasteiger partial charge on any atom is -0.398 e. The molecule has 3 rings (SSSR count). The molecule has 0 aromatic heterocycles. The first-order valence-corrected chi connectivity index (χ1v) is 5.78. The number of nitrogen functional groups attached to an aromatic ring is 1. The van der Waals surface area contributed by atoms with E-state index in [1.165, 1.54) is 29.5 Å². The van der Waals surface area contributed by atoms with E-state index in [0.717, 1.165) is 5.69 Å². The van der Waals surface area contributed by atoms with Crippen molar-refractivity contribution in [1.29, 1.82) is 0 Å². The predicted molar refractivity (Wildman–Crippen MR) is 67.5 cm³/mol. The van der Waals surface area contributed by atoms with Gasteiger partial charge in [-0.15, -0.1) is 0 Å². The SMILES string of the molecule is Nc1ccccc1C1CCc2ccccc21. The molecule has 1 nitrogen and oxygen atoms in total. The van der Waals surface area contributed by atoms with Gasteiger partial charge in [-0.25, -0.2) is 0 Å². The number of benzene rings is 2. The zero-order chi connectivity index (χ0) is 11.0. The van der Waals surface area contributed by atoms with E-state index in [1.54, 1.807) is 0 Å². The van der Waals surface area contributed by atoms with Gasteiger partial charge in [0.1, 0.15) is 0 Å². The lowest BCUT2D eigenvalue weighted by Gasteiger charge is -2.14. The first kappa shape index (κ1) is 9.46. The van der Waals surface area contributed by atoms with Crippen molar-refractivity contribution in [3.8, 4) is 0 Å². The predicted octanol–water partition coefficient (Wildman–Crippen LogP) is 3.35. The third-order valence-corrected chi connectivity index (χ3v) is 3.50. The fourth-order valence-corrected chi connectivity index (χ4v) is 2.71. The van der Waals surface area contributed by atoms with E-state index < -0.39 is 0 Å². The van der Waals surface area contributed by atoms with Crippen molar-refractivity contribution in [2.45, 2.75) is 18.8 Å². The van der Waals surface area contributed by atoms with Crippen molar-refractivity contribution in [2.24, 2.45) is 0 Å². The molecule has 0 bridgehead atoms. The van der Waals surface area contributed by atoms with Gasteiger partial charge in [-0.1, -0.05) is 42.5 Å². The Balaban J connectivity index is 2.08. The second-order valence-corrected chi connectivity index (χ2v) is 4.42. The molecule has 2 aromatic carbocycles. The molecule has 0 saturated carbocycles. The smallest absolute Gasteiger partial charge is 0.0352 e. The van der Waals surface area contributed by atoms with Crippen molar-refractivity contribution in [3.05, 3.63) is 65.2 Å². The fourth-order valence-electron chi connectivity index (χ4n) is 2.71. The van der Waals surface area contributed by atoms with Gasteiger partial charge in [0.15, 0.2) is 0 Å². The Morgan fingerprint density at radius 3 is 2.38 bits per heavy atom. The van der Waals surface area contributed by atoms with Gasteiger partial charge in [-0.2, -0.15) is 0 Å². The van der Waals surface area contributed by atoms with Crippen LogP contribution < -0.4 is 5.73 Å². The van der Waals surface area contributed by atoms with Crippen LogP contribution in [-0.2, 0) is 6.42 Å². The summed E-state index contributed by atoms with van der Waals surface area (Å²) in [6.07, 6.45) is 2.36. The Hall–Kier alpha value is -1.76. The Labute approximate surface area is 95.9 Å². The lowest BCUT2D eigenvalue weighted by Crippen LogP contribution is -2.00. The maximum absolute atomic E-state index is 6.06. The quantitative estimate of drug-likeness (QED) is 0.716. The number of fused-ring (bicyclic) bond motifs is 1. The molecule has 1 aliphatic carbocycles. The number of rotatable bonds is 1. The van der Waals surface area contributed by atoms with Crippen LogP contribution in [0.5, 0.6) is 0 Å². The number of nitrogens with two attached hydrogens (primary N) is 1. The molecule has 0 saturated heterocycles. The van der Waals surface area contributed by atoms with Crippen LogP contribution in [0.2, 0.25) is 0 Å². The summed E-state index contributed by atoms with van der Waals surface area (Å²) >= 11 is 0. The molecule has 1 atom stereocenters. The number of hydrogen-bond acceptors (Lipinski definition) is 1. The topological polar surface area (TPSA) is 26.0 Å². The van der Waals surface area contributed by atoms with Gasteiger partial charge in [0, 0.05) is 11.6 Å². The monoisotopic (exact) mass is 209 g/mol. The molecule has 0 fully saturated rings. The zero-order valence-corrected chi connectivity index (χ0v) is 9.19. The van der Waals surface area contributed by atoms with Gasteiger partial charge in [0.25, 0.3) is 0 Å². The number of para-hydroxylation sites is 1. The third kappa shape index (κ3) is 1.40. The van der Waals surface area contributed by atoms with Crippen LogP contribution in [0.1, 0.15) is 29.0 Å². The second-order valence-electron chi connectivity index (χ2n) is 4.42. The van der Waals surface area contributed by atoms with Gasteiger partial charge in [-0.3, -0.25) is 0 Å². The van der Waals surface area contributed by atoms with Crippen LogP contribution in [-0.4, -0.2) is 0 Å². The standard InChI is InChI=1S/C15H15N/c16-15-8-4-3-7-14(15)13-10-9-11-5-1-2-6-12(11)13/h1-8,13H,9-10,16H2. The van der Waals surface area contributed by atoms with Crippen molar-refractivity contribution >= 4 is 5.69 Å². The Morgan fingerprint density at radius 1 is 0.875 bits per heavy atom. The average molecular weight is 209 g/mol. The van der Waals surface area contributed by atoms with E-state index in [1.807, 2.05) is 12.1 Å². The molecule has 0 heterocycles. The van der Waals surface area contributed by atoms with Crippen molar-refractivity contribution in [2.75, 3.05) is 5.73 Å². The molecular weight excluding hydrogens is 194 g/mol. The van der Waals surface area contributed by atoms with Gasteiger partial charge in [0.2, 0.25) is 0 Å². The van der Waals surface area contributed by atoms with E-state index in [2.05, 4.69) is 36.4 Å². The van der Waals surface area contributed by atoms with Gasteiger partial charge in [-0.05, 0) is 35.6 Å². The van der Waals surface area contributed by atoms with Crippen LogP contribution >= 0.6 is 0 Å². The minimum atomic E-state index is 0.498. The molecular formula is C15H15N. The number of aryl methyl sites for hydroxylation is 1. The summed E-state index contributed by atoms with van der Waals surface area (Å²) in [4.78, 5) is 0. The highest BCUT2D eigenvalue weighted by atomic mass is 14.6. The van der Waals surface area contributed by atoms with Gasteiger partial charge in [0.05, 0.1) is 0 Å². The van der Waals surface area contributed by atoms with Gasteiger partial charge >= 0.3 is 0 Å². The number of anilines is 1. The molecule has 1 aliphatic rings. The summed E-state index contributed by atoms with van der Waals surface area (Å²) in [6.45, 7) is 0. The first-order valence-electron chi connectivity index (χ1n) is 5.78. The molecule has 0 aliphatic heterocycles. The van der Waals surface area contributed by atoms with E-state index in [4.69, 9.17) is 5.73 Å². The van der Waals surface area contributed by atoms with Crippen molar-refractivity contribution < 1.29 is 0 Å². The molecule has 0 amide bonds. The highest BCUT2D eigenvalue weighted by Gasteiger charge is 2.24. The van der Waals surface area contributed by atoms with Crippen LogP contribution in [0.3, 0.4) is 0 Å². The molecule has 0 radical (unpaired) electrons. The Morgan fingerprint density at radius 2 is 1.56 bits per heavy atom. The highest BCUT2D eigenvalue weighted by molar-refractivity contribution is 5.54. The maximum atomic E-state index is 6.06. The fraction of sp³-hybridized carbons (Fsp3) is 0.200. The third-order valence-electron chi connectivity index (χ3n) is 3.50. The van der Waals surface area contributed by atoms with E-state index >= 15 is 0 Å². The summed E-state index contributed by atoms with van der Waals surface area (Å²) < 4.78 is 0. The van der Waals surface area contributed by atoms with Crippen LogP contribution in [0.25, 0.3) is 0 Å². The largest absolute Gasteiger partial charge is 0.398 e.